The van der Waals surface area contributed by atoms with Gasteiger partial charge < -0.3 is 10.6 Å². The van der Waals surface area contributed by atoms with Gasteiger partial charge in [0.1, 0.15) is 0 Å². The number of benzene rings is 1. The Labute approximate surface area is 205 Å². The van der Waals surface area contributed by atoms with Gasteiger partial charge in [0.25, 0.3) is 0 Å². The quantitative estimate of drug-likeness (QED) is 0.535. The van der Waals surface area contributed by atoms with Gasteiger partial charge in [-0.25, -0.2) is 13.8 Å². The van der Waals surface area contributed by atoms with Crippen LogP contribution in [0.4, 0.5) is 16.2 Å². The maximum absolute atomic E-state index is 13.0. The van der Waals surface area contributed by atoms with E-state index in [9.17, 15) is 13.2 Å². The summed E-state index contributed by atoms with van der Waals surface area (Å²) in [6.45, 7) is 0.595. The molecule has 0 atom stereocenters. The van der Waals surface area contributed by atoms with Gasteiger partial charge >= 0.3 is 45.8 Å². The number of carbonyl (C=O) groups excluding carboxylic acids is 1. The molecule has 0 spiro atoms. The normalized spacial score (nSPS) is 14.5. The van der Waals surface area contributed by atoms with Crippen molar-refractivity contribution in [3.8, 4) is 0 Å². The Morgan fingerprint density at radius 2 is 1.81 bits per heavy atom. The van der Waals surface area contributed by atoms with Gasteiger partial charge in [0.05, 0.1) is 11.9 Å². The molecule has 1 heterocycles. The average Bonchev–Trinajstić information content (AvgIpc) is 3.42. The Morgan fingerprint density at radius 3 is 2.35 bits per heavy atom. The van der Waals surface area contributed by atoms with E-state index in [1.54, 1.807) is 20.3 Å². The molecule has 4 rings (SSSR count). The molecule has 2 aromatic rings. The number of likely N-dealkylation sites (N-methyl/N-ethyl adjacent to an activating group) is 1. The fourth-order valence-electron chi connectivity index (χ4n) is 4.42. The van der Waals surface area contributed by atoms with Gasteiger partial charge in [0, 0.05) is 32.0 Å². The molecule has 3 N–H and O–H groups in total. The number of hydrogen-bond donors (Lipinski definition) is 3. The van der Waals surface area contributed by atoms with Crippen LogP contribution >= 0.6 is 0 Å². The van der Waals surface area contributed by atoms with Crippen LogP contribution < -0.4 is 19.7 Å². The third-order valence-corrected chi connectivity index (χ3v) is 7.18. The first-order chi connectivity index (χ1) is 14.4. The molecule has 0 unspecified atom stereocenters. The monoisotopic (exact) mass is 456 g/mol. The third-order valence-electron chi connectivity index (χ3n) is 5.77. The summed E-state index contributed by atoms with van der Waals surface area (Å²) in [5, 5.41) is 9.86. The Morgan fingerprint density at radius 1 is 1.16 bits per heavy atom. The van der Waals surface area contributed by atoms with Crippen molar-refractivity contribution in [2.24, 2.45) is 7.05 Å². The van der Waals surface area contributed by atoms with Crippen LogP contribution in [-0.4, -0.2) is 73.9 Å². The van der Waals surface area contributed by atoms with Crippen LogP contribution in [0.25, 0.3) is 0 Å². The van der Waals surface area contributed by atoms with Crippen LogP contribution in [0.15, 0.2) is 18.5 Å². The topological polar surface area (TPSA) is 108 Å². The zero-order valence-electron chi connectivity index (χ0n) is 17.4. The predicted octanol–water partition coefficient (Wildman–Crippen LogP) is 0.841. The summed E-state index contributed by atoms with van der Waals surface area (Å²) >= 11 is 0. The molecular formula is C20H29N6NaO3S. The zero-order valence-corrected chi connectivity index (χ0v) is 18.2. The van der Waals surface area contributed by atoms with E-state index in [-0.39, 0.29) is 36.1 Å². The summed E-state index contributed by atoms with van der Waals surface area (Å²) in [5.74, 6) is 0. The maximum atomic E-state index is 13.0. The number of anilines is 2. The fourth-order valence-corrected chi connectivity index (χ4v) is 5.52. The van der Waals surface area contributed by atoms with Gasteiger partial charge in [-0.1, -0.05) is 6.07 Å². The number of nitrogens with zero attached hydrogens (tertiary/aromatic N) is 3. The van der Waals surface area contributed by atoms with Gasteiger partial charge in [0.2, 0.25) is 0 Å². The molecule has 0 bridgehead atoms. The van der Waals surface area contributed by atoms with Crippen LogP contribution in [0.2, 0.25) is 0 Å². The fraction of sp³-hybridized carbons (Fsp3) is 0.500. The SMILES string of the molecule is CNCCN(c1cnn(C)c1)S(=O)(=O)NC(=O)Nc1c2c(cc3c1CCC3)CCC2.[NaH]. The molecule has 0 saturated carbocycles. The van der Waals surface area contributed by atoms with Gasteiger partial charge in [0.15, 0.2) is 0 Å². The van der Waals surface area contributed by atoms with E-state index in [1.807, 2.05) is 0 Å². The molecule has 2 aliphatic carbocycles. The van der Waals surface area contributed by atoms with Gasteiger partial charge in [-0.15, -0.1) is 0 Å². The van der Waals surface area contributed by atoms with Crippen LogP contribution in [0.1, 0.15) is 35.1 Å². The second-order valence-electron chi connectivity index (χ2n) is 7.84. The second kappa shape index (κ2) is 9.91. The minimum absolute atomic E-state index is 0. The van der Waals surface area contributed by atoms with Crippen molar-refractivity contribution in [3.63, 3.8) is 0 Å². The summed E-state index contributed by atoms with van der Waals surface area (Å²) in [6, 6.07) is 1.54. The number of nitrogens with one attached hydrogen (secondary N) is 3. The van der Waals surface area contributed by atoms with Crippen molar-refractivity contribution in [1.29, 1.82) is 0 Å². The molecule has 0 aliphatic heterocycles. The van der Waals surface area contributed by atoms with Gasteiger partial charge in [-0.3, -0.25) is 4.68 Å². The second-order valence-corrected chi connectivity index (χ2v) is 9.44. The molecule has 0 saturated heterocycles. The van der Waals surface area contributed by atoms with Crippen molar-refractivity contribution >= 4 is 57.2 Å². The van der Waals surface area contributed by atoms with Crippen molar-refractivity contribution in [1.82, 2.24) is 19.8 Å². The van der Waals surface area contributed by atoms with E-state index >= 15 is 0 Å². The molecule has 164 valence electrons. The molecule has 2 amide bonds. The summed E-state index contributed by atoms with van der Waals surface area (Å²) in [7, 11) is -0.652. The molecule has 1 aromatic carbocycles. The minimum atomic E-state index is -4.10. The molecule has 0 fully saturated rings. The predicted molar refractivity (Wildman–Crippen MR) is 123 cm³/mol. The Hall–Kier alpha value is -1.59. The number of aryl methyl sites for hydroxylation is 3. The molecule has 1 aromatic heterocycles. The Balaban J connectivity index is 0.00000272. The van der Waals surface area contributed by atoms with Crippen molar-refractivity contribution < 1.29 is 13.2 Å². The standard InChI is InChI=1S/C20H28N6O3S.Na.H/c1-21-9-10-26(16-12-22-25(2)13-16)30(28,29)24-20(27)23-19-17-7-3-5-14(17)11-15-6-4-8-18(15)19;;/h11-13,21H,3-10H2,1-2H3,(H2,23,24,27);;. The van der Waals surface area contributed by atoms with Gasteiger partial charge in [-0.2, -0.15) is 13.5 Å². The third kappa shape index (κ3) is 5.09. The number of urea groups is 1. The summed E-state index contributed by atoms with van der Waals surface area (Å²) in [4.78, 5) is 12.8. The van der Waals surface area contributed by atoms with E-state index in [2.05, 4.69) is 26.5 Å². The van der Waals surface area contributed by atoms with Crippen molar-refractivity contribution in [3.05, 3.63) is 40.7 Å². The zero-order chi connectivity index (χ0) is 21.3. The van der Waals surface area contributed by atoms with Gasteiger partial charge in [-0.05, 0) is 67.8 Å². The molecular weight excluding hydrogens is 427 g/mol. The van der Waals surface area contributed by atoms with Crippen LogP contribution in [0, 0.1) is 0 Å². The van der Waals surface area contributed by atoms with E-state index in [4.69, 9.17) is 0 Å². The molecule has 9 nitrogen and oxygen atoms in total. The molecule has 11 heteroatoms. The van der Waals surface area contributed by atoms with Crippen LogP contribution in [-0.2, 0) is 42.9 Å². The number of aromatic nitrogens is 2. The number of fused-ring (bicyclic) bond motifs is 2. The number of rotatable bonds is 7. The Bertz CT molecular complexity index is 1040. The van der Waals surface area contributed by atoms with E-state index in [1.165, 1.54) is 22.0 Å². The molecule has 0 radical (unpaired) electrons. The Kier molecular flexibility index (Phi) is 7.69. The number of hydrogen-bond acceptors (Lipinski definition) is 5. The van der Waals surface area contributed by atoms with Crippen molar-refractivity contribution in [2.45, 2.75) is 38.5 Å². The number of amides is 2. The first-order valence-electron chi connectivity index (χ1n) is 10.3. The van der Waals surface area contributed by atoms with Crippen LogP contribution in [0.5, 0.6) is 0 Å². The summed E-state index contributed by atoms with van der Waals surface area (Å²) in [6.07, 6.45) is 9.03. The first kappa shape index (κ1) is 24.1. The summed E-state index contributed by atoms with van der Waals surface area (Å²) in [5.41, 5.74) is 6.08. The van der Waals surface area contributed by atoms with Crippen LogP contribution in [0.3, 0.4) is 0 Å². The van der Waals surface area contributed by atoms with Crippen molar-refractivity contribution in [2.75, 3.05) is 29.8 Å². The first-order valence-corrected chi connectivity index (χ1v) is 11.7. The number of carbonyl (C=O) groups is 1. The average molecular weight is 457 g/mol. The van der Waals surface area contributed by atoms with E-state index < -0.39 is 16.2 Å². The van der Waals surface area contributed by atoms with E-state index in [0.29, 0.717) is 12.2 Å². The molecule has 2 aliphatic rings. The molecule has 31 heavy (non-hydrogen) atoms. The van der Waals surface area contributed by atoms with E-state index in [0.717, 1.165) is 59.6 Å². The summed E-state index contributed by atoms with van der Waals surface area (Å²) < 4.78 is 30.9.